The lowest BCUT2D eigenvalue weighted by Crippen LogP contribution is -2.21. The van der Waals surface area contributed by atoms with Gasteiger partial charge >= 0.3 is 0 Å². The second-order valence-electron chi connectivity index (χ2n) is 6.24. The number of aromatic amines is 1. The van der Waals surface area contributed by atoms with E-state index >= 15 is 0 Å². The second-order valence-corrected chi connectivity index (χ2v) is 6.60. The fourth-order valence-corrected chi connectivity index (χ4v) is 3.61. The van der Waals surface area contributed by atoms with Crippen molar-refractivity contribution in [2.45, 2.75) is 26.2 Å². The minimum atomic E-state index is -0.475. The summed E-state index contributed by atoms with van der Waals surface area (Å²) < 4.78 is 5.50. The smallest absolute Gasteiger partial charge is 0.244 e. The molecule has 3 aromatic rings. The maximum Gasteiger partial charge on any atom is 0.244 e. The monoisotopic (exact) mass is 365 g/mol. The fraction of sp³-hybridized carbons (Fsp3) is 0.211. The Bertz CT molecular complexity index is 1110. The van der Waals surface area contributed by atoms with E-state index in [0.717, 1.165) is 28.6 Å². The third-order valence-electron chi connectivity index (χ3n) is 4.71. The molecule has 0 saturated carbocycles. The van der Waals surface area contributed by atoms with Crippen molar-refractivity contribution in [2.24, 2.45) is 5.73 Å². The number of aryl methyl sites for hydroxylation is 2. The normalized spacial score (nSPS) is 16.3. The molecule has 1 aromatic carbocycles. The topological polar surface area (TPSA) is 101 Å². The minimum Gasteiger partial charge on any atom is -0.420 e. The van der Waals surface area contributed by atoms with Crippen molar-refractivity contribution in [3.05, 3.63) is 63.3 Å². The number of hydrogen-bond donors (Lipinski definition) is 2. The van der Waals surface area contributed by atoms with Crippen LogP contribution in [-0.2, 0) is 6.42 Å². The molecule has 6 nitrogen and oxygen atoms in total. The molecule has 3 heterocycles. The van der Waals surface area contributed by atoms with Gasteiger partial charge in [0.2, 0.25) is 11.8 Å². The maximum absolute atomic E-state index is 9.67. The number of H-pyrrole nitrogens is 1. The van der Waals surface area contributed by atoms with E-state index < -0.39 is 5.92 Å². The van der Waals surface area contributed by atoms with Gasteiger partial charge in [0.15, 0.2) is 0 Å². The first-order valence-corrected chi connectivity index (χ1v) is 8.62. The van der Waals surface area contributed by atoms with Gasteiger partial charge in [-0.15, -0.1) is 5.10 Å². The average Bonchev–Trinajstić information content (AvgIpc) is 3.00. The van der Waals surface area contributed by atoms with Gasteiger partial charge in [0.25, 0.3) is 0 Å². The van der Waals surface area contributed by atoms with Gasteiger partial charge in [-0.1, -0.05) is 24.6 Å². The molecule has 0 radical (unpaired) electrons. The molecule has 130 valence electrons. The quantitative estimate of drug-likeness (QED) is 0.674. The van der Waals surface area contributed by atoms with Crippen LogP contribution in [0.2, 0.25) is 5.15 Å². The number of nitrogens with one attached hydrogen (secondary N) is 1. The Kier molecular flexibility index (Phi) is 3.82. The highest BCUT2D eigenvalue weighted by atomic mass is 35.5. The van der Waals surface area contributed by atoms with E-state index in [4.69, 9.17) is 22.1 Å². The molecule has 26 heavy (non-hydrogen) atoms. The van der Waals surface area contributed by atoms with Crippen LogP contribution in [0.1, 0.15) is 35.2 Å². The number of rotatable bonds is 2. The number of benzene rings is 1. The summed E-state index contributed by atoms with van der Waals surface area (Å²) in [5.74, 6) is -0.0744. The minimum absolute atomic E-state index is 0.0370. The SMILES string of the molecule is CCc1ccc2nc(Cl)c([C@H]3C(C#N)=C(N)Oc4n[nH]c(C)c43)cc2c1. The van der Waals surface area contributed by atoms with Crippen LogP contribution in [0.4, 0.5) is 0 Å². The third kappa shape index (κ3) is 2.40. The van der Waals surface area contributed by atoms with Crippen LogP contribution in [0.15, 0.2) is 35.7 Å². The predicted octanol–water partition coefficient (Wildman–Crippen LogP) is 3.70. The van der Waals surface area contributed by atoms with Crippen LogP contribution < -0.4 is 10.5 Å². The van der Waals surface area contributed by atoms with Crippen LogP contribution in [-0.4, -0.2) is 15.2 Å². The van der Waals surface area contributed by atoms with Gasteiger partial charge in [-0.25, -0.2) is 4.98 Å². The summed E-state index contributed by atoms with van der Waals surface area (Å²) in [4.78, 5) is 4.53. The molecule has 0 amide bonds. The van der Waals surface area contributed by atoms with Crippen molar-refractivity contribution in [2.75, 3.05) is 0 Å². The highest BCUT2D eigenvalue weighted by Gasteiger charge is 2.35. The molecule has 3 N–H and O–H groups in total. The third-order valence-corrected chi connectivity index (χ3v) is 5.01. The number of nitrogens with zero attached hydrogens (tertiary/aromatic N) is 3. The van der Waals surface area contributed by atoms with Crippen molar-refractivity contribution >= 4 is 22.5 Å². The predicted molar refractivity (Wildman–Crippen MR) is 98.8 cm³/mol. The zero-order valence-electron chi connectivity index (χ0n) is 14.3. The first-order chi connectivity index (χ1) is 12.5. The molecule has 1 aliphatic heterocycles. The van der Waals surface area contributed by atoms with Gasteiger partial charge in [0, 0.05) is 22.2 Å². The van der Waals surface area contributed by atoms with Crippen molar-refractivity contribution in [1.29, 1.82) is 5.26 Å². The van der Waals surface area contributed by atoms with E-state index in [-0.39, 0.29) is 5.88 Å². The number of nitrogens with two attached hydrogens (primary N) is 1. The maximum atomic E-state index is 9.67. The molecule has 1 atom stereocenters. The van der Waals surface area contributed by atoms with Crippen LogP contribution in [0, 0.1) is 18.3 Å². The van der Waals surface area contributed by atoms with E-state index in [1.54, 1.807) is 0 Å². The molecule has 2 aromatic heterocycles. The molecule has 0 fully saturated rings. The Hall–Kier alpha value is -3.04. The number of pyridine rings is 1. The summed E-state index contributed by atoms with van der Waals surface area (Å²) in [6, 6.07) is 10.2. The van der Waals surface area contributed by atoms with Crippen molar-refractivity contribution in [3.8, 4) is 11.9 Å². The zero-order valence-corrected chi connectivity index (χ0v) is 15.1. The Balaban J connectivity index is 2.00. The highest BCUT2D eigenvalue weighted by Crippen LogP contribution is 2.44. The Morgan fingerprint density at radius 2 is 2.19 bits per heavy atom. The highest BCUT2D eigenvalue weighted by molar-refractivity contribution is 6.30. The first-order valence-electron chi connectivity index (χ1n) is 8.25. The Labute approximate surface area is 155 Å². The van der Waals surface area contributed by atoms with Crippen LogP contribution in [0.3, 0.4) is 0 Å². The van der Waals surface area contributed by atoms with Gasteiger partial charge in [0.05, 0.1) is 11.4 Å². The average molecular weight is 366 g/mol. The number of ether oxygens (including phenoxy) is 1. The number of aromatic nitrogens is 3. The molecule has 0 bridgehead atoms. The molecule has 0 spiro atoms. The lowest BCUT2D eigenvalue weighted by molar-refractivity contribution is 0.379. The molecule has 0 saturated heterocycles. The zero-order chi connectivity index (χ0) is 18.4. The Morgan fingerprint density at radius 3 is 2.92 bits per heavy atom. The standard InChI is InChI=1S/C19H16ClN5O/c1-3-10-4-5-14-11(6-10)7-12(17(20)23-14)16-13(8-21)18(22)26-19-15(16)9(2)24-25-19/h4-7,16H,3,22H2,1-2H3,(H,24,25)/t16-/m0/s1. The number of fused-ring (bicyclic) bond motifs is 2. The number of allylic oxidation sites excluding steroid dienone is 1. The van der Waals surface area contributed by atoms with Crippen molar-refractivity contribution in [1.82, 2.24) is 15.2 Å². The fourth-order valence-electron chi connectivity index (χ4n) is 3.35. The number of nitriles is 1. The lowest BCUT2D eigenvalue weighted by atomic mass is 9.84. The van der Waals surface area contributed by atoms with Gasteiger partial charge in [-0.3, -0.25) is 5.10 Å². The summed E-state index contributed by atoms with van der Waals surface area (Å²) in [6.07, 6.45) is 0.923. The molecule has 1 aliphatic rings. The van der Waals surface area contributed by atoms with Gasteiger partial charge < -0.3 is 10.5 Å². The van der Waals surface area contributed by atoms with Crippen LogP contribution >= 0.6 is 11.6 Å². The first kappa shape index (κ1) is 16.4. The van der Waals surface area contributed by atoms with Gasteiger partial charge in [-0.2, -0.15) is 5.26 Å². The molecule has 0 aliphatic carbocycles. The summed E-state index contributed by atoms with van der Waals surface area (Å²) in [5.41, 5.74) is 10.5. The molecule has 0 unspecified atom stereocenters. The van der Waals surface area contributed by atoms with E-state index in [2.05, 4.69) is 34.2 Å². The van der Waals surface area contributed by atoms with E-state index in [1.807, 2.05) is 25.1 Å². The van der Waals surface area contributed by atoms with E-state index in [9.17, 15) is 5.26 Å². The molecular formula is C19H16ClN5O. The summed E-state index contributed by atoms with van der Waals surface area (Å²) in [7, 11) is 0. The lowest BCUT2D eigenvalue weighted by Gasteiger charge is -2.24. The number of halogens is 1. The molecular weight excluding hydrogens is 350 g/mol. The summed E-state index contributed by atoms with van der Waals surface area (Å²) in [5, 5.41) is 18.0. The largest absolute Gasteiger partial charge is 0.420 e. The summed E-state index contributed by atoms with van der Waals surface area (Å²) in [6.45, 7) is 3.97. The van der Waals surface area contributed by atoms with Crippen molar-refractivity contribution in [3.63, 3.8) is 0 Å². The molecule has 7 heteroatoms. The van der Waals surface area contributed by atoms with Crippen molar-refractivity contribution < 1.29 is 4.74 Å². The Morgan fingerprint density at radius 1 is 1.38 bits per heavy atom. The number of hydrogen-bond acceptors (Lipinski definition) is 5. The van der Waals surface area contributed by atoms with E-state index in [0.29, 0.717) is 22.2 Å². The van der Waals surface area contributed by atoms with Gasteiger partial charge in [-0.05, 0) is 37.1 Å². The second kappa shape index (κ2) is 6.04. The van der Waals surface area contributed by atoms with Crippen LogP contribution in [0.25, 0.3) is 10.9 Å². The van der Waals surface area contributed by atoms with E-state index in [1.165, 1.54) is 5.56 Å². The van der Waals surface area contributed by atoms with Gasteiger partial charge in [0.1, 0.15) is 16.8 Å². The molecule has 4 rings (SSSR count). The van der Waals surface area contributed by atoms with Crippen LogP contribution in [0.5, 0.6) is 5.88 Å². The summed E-state index contributed by atoms with van der Waals surface area (Å²) >= 11 is 6.51.